The number of rotatable bonds is 3. The molecule has 8 heteroatoms. The number of nitrogens with zero attached hydrogens (tertiary/aromatic N) is 5. The van der Waals surface area contributed by atoms with Crippen LogP contribution in [0.5, 0.6) is 5.75 Å². The van der Waals surface area contributed by atoms with E-state index in [1.54, 1.807) is 18.7 Å². The third-order valence-electron chi connectivity index (χ3n) is 4.52. The molecule has 4 rings (SSSR count). The molecule has 2 aromatic rings. The maximum absolute atomic E-state index is 12.5. The first kappa shape index (κ1) is 14.9. The van der Waals surface area contributed by atoms with Gasteiger partial charge in [0.2, 0.25) is 0 Å². The normalized spacial score (nSPS) is 22.9. The summed E-state index contributed by atoms with van der Waals surface area (Å²) < 4.78 is 7.77. The van der Waals surface area contributed by atoms with Crippen LogP contribution in [-0.2, 0) is 13.0 Å². The minimum absolute atomic E-state index is 0.0237. The molecule has 0 aromatic carbocycles. The van der Waals surface area contributed by atoms with Crippen molar-refractivity contribution < 1.29 is 9.53 Å². The zero-order valence-corrected chi connectivity index (χ0v) is 13.3. The zero-order chi connectivity index (χ0) is 16.4. The highest BCUT2D eigenvalue weighted by atomic mass is 16.5. The number of aromatic nitrogens is 4. The number of likely N-dealkylation sites (tertiary alicyclic amines) is 1. The largest absolute Gasteiger partial charge is 0.488 e. The second-order valence-corrected chi connectivity index (χ2v) is 6.20. The average molecular weight is 328 g/mol. The van der Waals surface area contributed by atoms with Gasteiger partial charge < -0.3 is 15.0 Å². The third kappa shape index (κ3) is 3.17. The maximum Gasteiger partial charge on any atom is 0.317 e. The standard InChI is InChI=1S/C16H20N6O2/c23-16(20-12-1-2-15-18-11-19-22(15)9-12)21-8-5-14(10-21)24-13-3-6-17-7-4-13/h3-4,6-7,11-12,14H,1-2,5,8-10H2,(H,20,23)/t12?,14-/m1/s1. The number of carbonyl (C=O) groups is 1. The zero-order valence-electron chi connectivity index (χ0n) is 13.3. The van der Waals surface area contributed by atoms with Gasteiger partial charge in [-0.15, -0.1) is 0 Å². The predicted octanol–water partition coefficient (Wildman–Crippen LogP) is 0.851. The Morgan fingerprint density at radius 1 is 1.25 bits per heavy atom. The van der Waals surface area contributed by atoms with Crippen molar-refractivity contribution in [1.82, 2.24) is 30.0 Å². The lowest BCUT2D eigenvalue weighted by molar-refractivity contribution is 0.181. The molecule has 1 fully saturated rings. The molecule has 2 aromatic heterocycles. The van der Waals surface area contributed by atoms with Crippen LogP contribution in [0.3, 0.4) is 0 Å². The van der Waals surface area contributed by atoms with Crippen LogP contribution in [0.15, 0.2) is 30.9 Å². The van der Waals surface area contributed by atoms with Gasteiger partial charge >= 0.3 is 6.03 Å². The summed E-state index contributed by atoms with van der Waals surface area (Å²) in [6.45, 7) is 2.00. The first-order valence-electron chi connectivity index (χ1n) is 8.27. The Morgan fingerprint density at radius 3 is 3.00 bits per heavy atom. The minimum Gasteiger partial charge on any atom is -0.488 e. The third-order valence-corrected chi connectivity index (χ3v) is 4.52. The van der Waals surface area contributed by atoms with E-state index in [9.17, 15) is 4.79 Å². The van der Waals surface area contributed by atoms with Crippen LogP contribution >= 0.6 is 0 Å². The number of nitrogens with one attached hydrogen (secondary N) is 1. The highest BCUT2D eigenvalue weighted by Crippen LogP contribution is 2.18. The quantitative estimate of drug-likeness (QED) is 0.903. The van der Waals surface area contributed by atoms with Crippen LogP contribution in [0.1, 0.15) is 18.7 Å². The van der Waals surface area contributed by atoms with Crippen LogP contribution in [0, 0.1) is 0 Å². The summed E-state index contributed by atoms with van der Waals surface area (Å²) in [7, 11) is 0. The smallest absolute Gasteiger partial charge is 0.317 e. The van der Waals surface area contributed by atoms with E-state index in [-0.39, 0.29) is 18.2 Å². The van der Waals surface area contributed by atoms with E-state index in [4.69, 9.17) is 4.74 Å². The number of ether oxygens (including phenoxy) is 1. The number of fused-ring (bicyclic) bond motifs is 1. The molecular weight excluding hydrogens is 308 g/mol. The van der Waals surface area contributed by atoms with Gasteiger partial charge in [-0.25, -0.2) is 14.5 Å². The highest BCUT2D eigenvalue weighted by molar-refractivity contribution is 5.74. The average Bonchev–Trinajstić information content (AvgIpc) is 3.24. The van der Waals surface area contributed by atoms with Gasteiger partial charge in [-0.05, 0) is 18.6 Å². The van der Waals surface area contributed by atoms with Crippen molar-refractivity contribution in [3.8, 4) is 5.75 Å². The van der Waals surface area contributed by atoms with Crippen LogP contribution < -0.4 is 10.1 Å². The van der Waals surface area contributed by atoms with Crippen LogP contribution in [0.2, 0.25) is 0 Å². The number of hydrogen-bond acceptors (Lipinski definition) is 5. The van der Waals surface area contributed by atoms with Crippen molar-refractivity contribution in [3.63, 3.8) is 0 Å². The summed E-state index contributed by atoms with van der Waals surface area (Å²) >= 11 is 0. The molecule has 1 N–H and O–H groups in total. The summed E-state index contributed by atoms with van der Waals surface area (Å²) in [5, 5.41) is 7.29. The molecule has 0 spiro atoms. The van der Waals surface area contributed by atoms with Gasteiger partial charge in [0.05, 0.1) is 19.1 Å². The Labute approximate surface area is 139 Å². The monoisotopic (exact) mass is 328 g/mol. The predicted molar refractivity (Wildman–Crippen MR) is 85.5 cm³/mol. The van der Waals surface area contributed by atoms with E-state index in [1.165, 1.54) is 0 Å². The molecule has 2 aliphatic rings. The number of aryl methyl sites for hydroxylation is 1. The highest BCUT2D eigenvalue weighted by Gasteiger charge is 2.30. The Balaban J connectivity index is 1.28. The molecule has 0 saturated carbocycles. The van der Waals surface area contributed by atoms with Crippen molar-refractivity contribution >= 4 is 6.03 Å². The topological polar surface area (TPSA) is 85.2 Å². The maximum atomic E-state index is 12.5. The van der Waals surface area contributed by atoms with Gasteiger partial charge in [0.1, 0.15) is 24.0 Å². The first-order chi connectivity index (χ1) is 11.8. The lowest BCUT2D eigenvalue weighted by atomic mass is 10.1. The van der Waals surface area contributed by atoms with Gasteiger partial charge in [0, 0.05) is 31.8 Å². The molecule has 1 unspecified atom stereocenters. The molecular formula is C16H20N6O2. The molecule has 1 saturated heterocycles. The van der Waals surface area contributed by atoms with Gasteiger partial charge in [0.15, 0.2) is 0 Å². The fraction of sp³-hybridized carbons (Fsp3) is 0.500. The van der Waals surface area contributed by atoms with E-state index >= 15 is 0 Å². The van der Waals surface area contributed by atoms with E-state index < -0.39 is 0 Å². The second-order valence-electron chi connectivity index (χ2n) is 6.20. The molecule has 0 aliphatic carbocycles. The Hall–Kier alpha value is -2.64. The number of pyridine rings is 1. The van der Waals surface area contributed by atoms with Crippen molar-refractivity contribution in [3.05, 3.63) is 36.7 Å². The molecule has 2 amide bonds. The first-order valence-corrected chi connectivity index (χ1v) is 8.27. The van der Waals surface area contributed by atoms with Gasteiger partial charge in [-0.2, -0.15) is 5.10 Å². The summed E-state index contributed by atoms with van der Waals surface area (Å²) in [4.78, 5) is 22.5. The molecule has 0 bridgehead atoms. The van der Waals surface area contributed by atoms with Crippen molar-refractivity contribution in [2.45, 2.75) is 38.0 Å². The van der Waals surface area contributed by atoms with Gasteiger partial charge in [-0.3, -0.25) is 4.98 Å². The van der Waals surface area contributed by atoms with Crippen molar-refractivity contribution in [2.24, 2.45) is 0 Å². The summed E-state index contributed by atoms with van der Waals surface area (Å²) in [5.41, 5.74) is 0. The molecule has 8 nitrogen and oxygen atoms in total. The minimum atomic E-state index is -0.0237. The Morgan fingerprint density at radius 2 is 2.12 bits per heavy atom. The molecule has 0 radical (unpaired) electrons. The Bertz CT molecular complexity index is 704. The Kier molecular flexibility index (Phi) is 4.02. The molecule has 24 heavy (non-hydrogen) atoms. The van der Waals surface area contributed by atoms with Crippen LogP contribution in [-0.4, -0.2) is 55.9 Å². The van der Waals surface area contributed by atoms with Crippen molar-refractivity contribution in [1.29, 1.82) is 0 Å². The summed E-state index contributed by atoms with van der Waals surface area (Å²) in [6.07, 6.45) is 7.60. The van der Waals surface area contributed by atoms with Crippen molar-refractivity contribution in [2.75, 3.05) is 13.1 Å². The number of urea groups is 1. The molecule has 2 aliphatic heterocycles. The SMILES string of the molecule is O=C(NC1CCc2ncnn2C1)N1CC[C@@H](Oc2ccncc2)C1. The van der Waals surface area contributed by atoms with Gasteiger partial charge in [-0.1, -0.05) is 0 Å². The number of carbonyl (C=O) groups excluding carboxylic acids is 1. The van der Waals surface area contributed by atoms with E-state index in [0.29, 0.717) is 19.6 Å². The summed E-state index contributed by atoms with van der Waals surface area (Å²) in [6, 6.07) is 3.75. The number of hydrogen-bond donors (Lipinski definition) is 1. The second kappa shape index (κ2) is 6.46. The molecule has 126 valence electrons. The van der Waals surface area contributed by atoms with E-state index in [0.717, 1.165) is 30.8 Å². The fourth-order valence-corrected chi connectivity index (χ4v) is 3.24. The molecule has 4 heterocycles. The fourth-order valence-electron chi connectivity index (χ4n) is 3.24. The van der Waals surface area contributed by atoms with Gasteiger partial charge in [0.25, 0.3) is 0 Å². The lowest BCUT2D eigenvalue weighted by Gasteiger charge is -2.26. The van der Waals surface area contributed by atoms with E-state index in [1.807, 2.05) is 21.7 Å². The lowest BCUT2D eigenvalue weighted by Crippen LogP contribution is -2.47. The summed E-state index contributed by atoms with van der Waals surface area (Å²) in [5.74, 6) is 1.79. The van der Waals surface area contributed by atoms with Crippen LogP contribution in [0.4, 0.5) is 4.79 Å². The molecule has 2 atom stereocenters. The van der Waals surface area contributed by atoms with E-state index in [2.05, 4.69) is 20.4 Å². The van der Waals surface area contributed by atoms with Crippen LogP contribution in [0.25, 0.3) is 0 Å². The number of amides is 2.